The summed E-state index contributed by atoms with van der Waals surface area (Å²) in [7, 11) is 3.30. The van der Waals surface area contributed by atoms with E-state index in [0.29, 0.717) is 12.3 Å². The van der Waals surface area contributed by atoms with Crippen LogP contribution in [0.4, 0.5) is 0 Å². The highest BCUT2D eigenvalue weighted by atomic mass is 16.5. The second-order valence-corrected chi connectivity index (χ2v) is 6.46. The van der Waals surface area contributed by atoms with Crippen LogP contribution >= 0.6 is 0 Å². The number of oxazole rings is 1. The van der Waals surface area contributed by atoms with E-state index < -0.39 is 0 Å². The van der Waals surface area contributed by atoms with Crippen LogP contribution in [0.2, 0.25) is 0 Å². The Kier molecular flexibility index (Phi) is 6.69. The normalized spacial score (nSPS) is 10.5. The average Bonchev–Trinajstić information content (AvgIpc) is 3.18. The van der Waals surface area contributed by atoms with Crippen LogP contribution in [0.25, 0.3) is 22.6 Å². The molecule has 0 aliphatic carbocycles. The fraction of sp³-hybridized carbons (Fsp3) is 0.304. The monoisotopic (exact) mass is 376 g/mol. The minimum Gasteiger partial charge on any atom is -0.497 e. The second-order valence-electron chi connectivity index (χ2n) is 6.46. The molecule has 0 aliphatic rings. The molecule has 0 saturated carbocycles. The molecule has 1 aromatic heterocycles. The first-order valence-electron chi connectivity index (χ1n) is 9.40. The zero-order valence-electron chi connectivity index (χ0n) is 16.3. The average molecular weight is 376 g/mol. The van der Waals surface area contributed by atoms with Gasteiger partial charge < -0.3 is 13.9 Å². The topological polar surface area (TPSA) is 68.3 Å². The van der Waals surface area contributed by atoms with Gasteiger partial charge in [-0.15, -0.1) is 0 Å². The summed E-state index contributed by atoms with van der Waals surface area (Å²) >= 11 is 0. The van der Waals surface area contributed by atoms with Gasteiger partial charge in [-0.25, -0.2) is 4.98 Å². The molecule has 1 heterocycles. The predicted molar refractivity (Wildman–Crippen MR) is 108 cm³/mol. The Hall–Kier alpha value is -3.26. The van der Waals surface area contributed by atoms with Gasteiger partial charge in [0.1, 0.15) is 17.2 Å². The van der Waals surface area contributed by atoms with E-state index in [-0.39, 0.29) is 0 Å². The van der Waals surface area contributed by atoms with E-state index in [1.165, 1.54) is 0 Å². The minimum atomic E-state index is 0.597. The van der Waals surface area contributed by atoms with Crippen LogP contribution in [0.5, 0.6) is 11.5 Å². The molecule has 0 spiro atoms. The molecule has 0 bridgehead atoms. The van der Waals surface area contributed by atoms with E-state index in [1.54, 1.807) is 14.2 Å². The summed E-state index contributed by atoms with van der Waals surface area (Å²) in [5.74, 6) is 3.07. The van der Waals surface area contributed by atoms with Gasteiger partial charge in [0, 0.05) is 24.0 Å². The van der Waals surface area contributed by atoms with E-state index in [0.717, 1.165) is 59.8 Å². The van der Waals surface area contributed by atoms with Gasteiger partial charge in [-0.1, -0.05) is 6.42 Å². The number of aromatic nitrogens is 1. The third-order valence-electron chi connectivity index (χ3n) is 4.57. The highest BCUT2D eigenvalue weighted by Gasteiger charge is 2.17. The summed E-state index contributed by atoms with van der Waals surface area (Å²) in [4.78, 5) is 4.77. The van der Waals surface area contributed by atoms with Gasteiger partial charge in [-0.3, -0.25) is 0 Å². The number of hydrogen-bond acceptors (Lipinski definition) is 5. The molecule has 2 aromatic carbocycles. The van der Waals surface area contributed by atoms with Crippen LogP contribution in [0.1, 0.15) is 31.6 Å². The zero-order valence-corrected chi connectivity index (χ0v) is 16.3. The molecule has 5 heteroatoms. The lowest BCUT2D eigenvalue weighted by Crippen LogP contribution is -1.87. The van der Waals surface area contributed by atoms with Gasteiger partial charge in [0.25, 0.3) is 0 Å². The predicted octanol–water partition coefficient (Wildman–Crippen LogP) is 5.65. The van der Waals surface area contributed by atoms with Crippen LogP contribution < -0.4 is 9.47 Å². The van der Waals surface area contributed by atoms with Crippen molar-refractivity contribution in [3.05, 3.63) is 54.4 Å². The Morgan fingerprint density at radius 3 is 2.04 bits per heavy atom. The fourth-order valence-corrected chi connectivity index (χ4v) is 3.01. The van der Waals surface area contributed by atoms with E-state index in [1.807, 2.05) is 48.5 Å². The maximum Gasteiger partial charge on any atom is 0.195 e. The Bertz CT molecular complexity index is 857. The number of hydrogen-bond donors (Lipinski definition) is 0. The summed E-state index contributed by atoms with van der Waals surface area (Å²) in [6.45, 7) is 0. The maximum absolute atomic E-state index is 8.65. The van der Waals surface area contributed by atoms with Gasteiger partial charge >= 0.3 is 0 Å². The molecule has 0 amide bonds. The third-order valence-corrected chi connectivity index (χ3v) is 4.57. The molecular weight excluding hydrogens is 352 g/mol. The molecular formula is C23H24N2O3. The van der Waals surface area contributed by atoms with Crippen molar-refractivity contribution in [2.24, 2.45) is 0 Å². The highest BCUT2D eigenvalue weighted by Crippen LogP contribution is 2.34. The van der Waals surface area contributed by atoms with Crippen LogP contribution in [0.3, 0.4) is 0 Å². The standard InChI is InChI=1S/C23H24N2O3/c1-26-19-12-8-17(9-13-19)22-23(18-10-14-20(27-2)15-11-18)28-21(25-22)7-5-3-4-6-16-24/h8-15H,3-7H2,1-2H3. The summed E-state index contributed by atoms with van der Waals surface area (Å²) in [5.41, 5.74) is 2.75. The van der Waals surface area contributed by atoms with Gasteiger partial charge in [0.15, 0.2) is 11.7 Å². The molecule has 0 radical (unpaired) electrons. The van der Waals surface area contributed by atoms with E-state index in [2.05, 4.69) is 6.07 Å². The Morgan fingerprint density at radius 1 is 0.857 bits per heavy atom. The SMILES string of the molecule is COc1ccc(-c2nc(CCCCCC#N)oc2-c2ccc(OC)cc2)cc1. The zero-order chi connectivity index (χ0) is 19.8. The van der Waals surface area contributed by atoms with Gasteiger partial charge in [0.05, 0.1) is 20.3 Å². The Balaban J connectivity index is 1.89. The molecule has 3 aromatic rings. The van der Waals surface area contributed by atoms with Crippen molar-refractivity contribution in [2.45, 2.75) is 32.1 Å². The lowest BCUT2D eigenvalue weighted by atomic mass is 10.1. The fourth-order valence-electron chi connectivity index (χ4n) is 3.01. The van der Waals surface area contributed by atoms with Crippen molar-refractivity contribution in [3.8, 4) is 40.1 Å². The van der Waals surface area contributed by atoms with E-state index in [4.69, 9.17) is 24.1 Å². The minimum absolute atomic E-state index is 0.597. The first kappa shape index (κ1) is 19.5. The van der Waals surface area contributed by atoms with Crippen molar-refractivity contribution >= 4 is 0 Å². The molecule has 0 atom stereocenters. The number of unbranched alkanes of at least 4 members (excludes halogenated alkanes) is 3. The summed E-state index contributed by atoms with van der Waals surface area (Å²) in [6.07, 6.45) is 4.20. The number of ether oxygens (including phenoxy) is 2. The molecule has 144 valence electrons. The number of methoxy groups -OCH3 is 2. The van der Waals surface area contributed by atoms with Crippen molar-refractivity contribution in [2.75, 3.05) is 14.2 Å². The molecule has 0 aliphatic heterocycles. The smallest absolute Gasteiger partial charge is 0.195 e. The first-order chi connectivity index (χ1) is 13.7. The van der Waals surface area contributed by atoms with E-state index in [9.17, 15) is 0 Å². The quantitative estimate of drug-likeness (QED) is 0.451. The largest absolute Gasteiger partial charge is 0.497 e. The van der Waals surface area contributed by atoms with Gasteiger partial charge in [-0.05, 0) is 61.4 Å². The highest BCUT2D eigenvalue weighted by molar-refractivity contribution is 5.77. The second kappa shape index (κ2) is 9.61. The number of benzene rings is 2. The number of aryl methyl sites for hydroxylation is 1. The molecule has 3 rings (SSSR count). The summed E-state index contributed by atoms with van der Waals surface area (Å²) in [5, 5.41) is 8.65. The lowest BCUT2D eigenvalue weighted by molar-refractivity contribution is 0.414. The van der Waals surface area contributed by atoms with Gasteiger partial charge in [-0.2, -0.15) is 5.26 Å². The van der Waals surface area contributed by atoms with Crippen molar-refractivity contribution in [3.63, 3.8) is 0 Å². The van der Waals surface area contributed by atoms with Crippen LogP contribution in [0, 0.1) is 11.3 Å². The molecule has 0 N–H and O–H groups in total. The first-order valence-corrected chi connectivity index (χ1v) is 9.40. The molecule has 0 unspecified atom stereocenters. The van der Waals surface area contributed by atoms with Crippen LogP contribution in [-0.4, -0.2) is 19.2 Å². The molecule has 0 saturated heterocycles. The van der Waals surface area contributed by atoms with Gasteiger partial charge in [0.2, 0.25) is 0 Å². The maximum atomic E-state index is 8.65. The number of nitrogens with zero attached hydrogens (tertiary/aromatic N) is 2. The van der Waals surface area contributed by atoms with Crippen molar-refractivity contribution < 1.29 is 13.9 Å². The summed E-state index contributed by atoms with van der Waals surface area (Å²) in [6, 6.07) is 17.8. The van der Waals surface area contributed by atoms with Crippen LogP contribution in [0.15, 0.2) is 52.9 Å². The van der Waals surface area contributed by atoms with E-state index >= 15 is 0 Å². The van der Waals surface area contributed by atoms with Crippen molar-refractivity contribution in [1.82, 2.24) is 4.98 Å². The molecule has 5 nitrogen and oxygen atoms in total. The summed E-state index contributed by atoms with van der Waals surface area (Å²) < 4.78 is 16.7. The lowest BCUT2D eigenvalue weighted by Gasteiger charge is -2.04. The number of nitriles is 1. The Labute approximate surface area is 165 Å². The molecule has 0 fully saturated rings. The van der Waals surface area contributed by atoms with Crippen LogP contribution in [-0.2, 0) is 6.42 Å². The van der Waals surface area contributed by atoms with Crippen molar-refractivity contribution in [1.29, 1.82) is 5.26 Å². The third kappa shape index (κ3) is 4.72. The molecule has 28 heavy (non-hydrogen) atoms. The Morgan fingerprint density at radius 2 is 1.46 bits per heavy atom. The number of rotatable bonds is 9.